The SMILES string of the molecule is CC(C)c1cccc([NH2+]C(Cc2ccc(-c3ccc(C#N)cc3)cc2)C2C(=O)C2=O)n1. The fraction of sp³-hybridized carbons (Fsp3) is 0.231. The molecule has 5 nitrogen and oxygen atoms in total. The first-order chi connectivity index (χ1) is 15.0. The largest absolute Gasteiger partial charge is 0.294 e. The zero-order chi connectivity index (χ0) is 22.0. The van der Waals surface area contributed by atoms with E-state index in [0.29, 0.717) is 17.9 Å². The second-order valence-electron chi connectivity index (χ2n) is 8.27. The van der Waals surface area contributed by atoms with Gasteiger partial charge in [-0.25, -0.2) is 4.98 Å². The van der Waals surface area contributed by atoms with Crippen molar-refractivity contribution >= 4 is 17.4 Å². The van der Waals surface area contributed by atoms with Crippen LogP contribution in [0.2, 0.25) is 0 Å². The standard InChI is InChI=1S/C26H23N3O2/c1-16(2)21-4-3-5-23(28-21)29-22(24-25(30)26(24)31)14-17-6-10-19(11-7-17)20-12-8-18(15-27)9-13-20/h3-13,16,22,24H,14H2,1-2H3,(H,28,29)/p+1. The van der Waals surface area contributed by atoms with Crippen molar-refractivity contribution in [2.24, 2.45) is 5.92 Å². The normalized spacial score (nSPS) is 14.5. The van der Waals surface area contributed by atoms with Crippen molar-refractivity contribution in [1.82, 2.24) is 4.98 Å². The van der Waals surface area contributed by atoms with Crippen LogP contribution in [0.1, 0.15) is 36.6 Å². The molecule has 1 unspecified atom stereocenters. The number of hydrogen-bond acceptors (Lipinski definition) is 4. The Hall–Kier alpha value is -3.62. The maximum Gasteiger partial charge on any atom is 0.224 e. The minimum absolute atomic E-state index is 0.198. The average molecular weight is 410 g/mol. The summed E-state index contributed by atoms with van der Waals surface area (Å²) in [6.45, 7) is 4.18. The van der Waals surface area contributed by atoms with Crippen LogP contribution in [0, 0.1) is 17.2 Å². The highest BCUT2D eigenvalue weighted by Gasteiger charge is 2.55. The predicted octanol–water partition coefficient (Wildman–Crippen LogP) is 3.32. The van der Waals surface area contributed by atoms with Crippen LogP contribution >= 0.6 is 0 Å². The van der Waals surface area contributed by atoms with Crippen molar-refractivity contribution in [3.05, 3.63) is 83.6 Å². The smallest absolute Gasteiger partial charge is 0.224 e. The number of hydrogen-bond donors (Lipinski definition) is 1. The van der Waals surface area contributed by atoms with E-state index in [2.05, 4.69) is 24.9 Å². The molecule has 1 fully saturated rings. The summed E-state index contributed by atoms with van der Waals surface area (Å²) in [5, 5.41) is 10.9. The third kappa shape index (κ3) is 4.60. The molecular formula is C26H24N3O2+. The number of pyridine rings is 1. The number of rotatable bonds is 7. The third-order valence-electron chi connectivity index (χ3n) is 5.69. The number of ketones is 2. The molecule has 5 heteroatoms. The lowest BCUT2D eigenvalue weighted by Gasteiger charge is -2.14. The van der Waals surface area contributed by atoms with E-state index >= 15 is 0 Å². The van der Waals surface area contributed by atoms with Gasteiger partial charge in [0.25, 0.3) is 0 Å². The van der Waals surface area contributed by atoms with Gasteiger partial charge in [0.2, 0.25) is 17.4 Å². The van der Waals surface area contributed by atoms with E-state index in [1.54, 1.807) is 12.1 Å². The number of Topliss-reactive ketones (excluding diaryl/α,β-unsaturated/α-hetero) is 2. The number of benzene rings is 2. The molecule has 1 atom stereocenters. The van der Waals surface area contributed by atoms with Gasteiger partial charge < -0.3 is 0 Å². The predicted molar refractivity (Wildman–Crippen MR) is 118 cm³/mol. The Morgan fingerprint density at radius 2 is 1.55 bits per heavy atom. The summed E-state index contributed by atoms with van der Waals surface area (Å²) in [4.78, 5) is 28.5. The van der Waals surface area contributed by atoms with Crippen LogP contribution in [0.5, 0.6) is 0 Å². The van der Waals surface area contributed by atoms with Gasteiger partial charge in [-0.2, -0.15) is 5.26 Å². The van der Waals surface area contributed by atoms with Crippen molar-refractivity contribution in [3.8, 4) is 17.2 Å². The van der Waals surface area contributed by atoms with Gasteiger partial charge in [0, 0.05) is 18.2 Å². The van der Waals surface area contributed by atoms with E-state index in [1.807, 2.05) is 59.9 Å². The van der Waals surface area contributed by atoms with Gasteiger partial charge in [0.1, 0.15) is 12.0 Å². The number of aromatic nitrogens is 1. The summed E-state index contributed by atoms with van der Waals surface area (Å²) in [5.74, 6) is -0.00250. The highest BCUT2D eigenvalue weighted by Crippen LogP contribution is 2.26. The molecule has 0 radical (unpaired) electrons. The average Bonchev–Trinajstić information content (AvgIpc) is 3.39. The molecule has 1 saturated carbocycles. The van der Waals surface area contributed by atoms with Gasteiger partial charge in [0.15, 0.2) is 0 Å². The van der Waals surface area contributed by atoms with E-state index in [4.69, 9.17) is 5.26 Å². The molecular weight excluding hydrogens is 386 g/mol. The molecule has 0 aliphatic heterocycles. The van der Waals surface area contributed by atoms with E-state index in [0.717, 1.165) is 28.2 Å². The molecule has 4 rings (SSSR count). The van der Waals surface area contributed by atoms with E-state index in [1.165, 1.54) is 0 Å². The molecule has 1 aliphatic carbocycles. The van der Waals surface area contributed by atoms with Gasteiger partial charge in [-0.3, -0.25) is 14.9 Å². The molecule has 0 saturated heterocycles. The lowest BCUT2D eigenvalue weighted by molar-refractivity contribution is -0.615. The molecule has 0 amide bonds. The molecule has 3 aromatic rings. The summed E-state index contributed by atoms with van der Waals surface area (Å²) < 4.78 is 0. The second kappa shape index (κ2) is 8.63. The number of nitrogens with zero attached hydrogens (tertiary/aromatic N) is 2. The third-order valence-corrected chi connectivity index (χ3v) is 5.69. The van der Waals surface area contributed by atoms with E-state index < -0.39 is 5.92 Å². The van der Waals surface area contributed by atoms with Crippen LogP contribution in [0.25, 0.3) is 11.1 Å². The van der Waals surface area contributed by atoms with Crippen LogP contribution in [0.15, 0.2) is 66.7 Å². The maximum atomic E-state index is 11.9. The molecule has 2 N–H and O–H groups in total. The highest BCUT2D eigenvalue weighted by molar-refractivity contribution is 6.60. The minimum atomic E-state index is -0.553. The summed E-state index contributed by atoms with van der Waals surface area (Å²) >= 11 is 0. The van der Waals surface area contributed by atoms with Crippen LogP contribution in [0.4, 0.5) is 5.82 Å². The minimum Gasteiger partial charge on any atom is -0.294 e. The number of quaternary nitrogens is 1. The van der Waals surface area contributed by atoms with Crippen LogP contribution in [0.3, 0.4) is 0 Å². The Kier molecular flexibility index (Phi) is 5.75. The first-order valence-corrected chi connectivity index (χ1v) is 10.5. The fourth-order valence-electron chi connectivity index (χ4n) is 3.81. The van der Waals surface area contributed by atoms with Crippen LogP contribution < -0.4 is 5.32 Å². The van der Waals surface area contributed by atoms with Gasteiger partial charge in [-0.05, 0) is 40.8 Å². The monoisotopic (exact) mass is 410 g/mol. The van der Waals surface area contributed by atoms with Crippen molar-refractivity contribution in [2.45, 2.75) is 32.2 Å². The molecule has 2 aromatic carbocycles. The lowest BCUT2D eigenvalue weighted by Crippen LogP contribution is -2.86. The molecule has 31 heavy (non-hydrogen) atoms. The zero-order valence-electron chi connectivity index (χ0n) is 17.6. The van der Waals surface area contributed by atoms with E-state index in [9.17, 15) is 9.59 Å². The Balaban J connectivity index is 1.52. The number of carbonyl (C=O) groups excluding carboxylic acids is 2. The number of nitrogens with two attached hydrogens (primary N) is 1. The van der Waals surface area contributed by atoms with Crippen molar-refractivity contribution in [3.63, 3.8) is 0 Å². The van der Waals surface area contributed by atoms with Crippen LogP contribution in [-0.4, -0.2) is 22.6 Å². The summed E-state index contributed by atoms with van der Waals surface area (Å²) in [7, 11) is 0. The molecule has 154 valence electrons. The van der Waals surface area contributed by atoms with Crippen molar-refractivity contribution in [2.75, 3.05) is 0 Å². The second-order valence-corrected chi connectivity index (χ2v) is 8.27. The van der Waals surface area contributed by atoms with Gasteiger partial charge in [0.05, 0.1) is 11.6 Å². The molecule has 0 spiro atoms. The Bertz CT molecular complexity index is 1140. The Morgan fingerprint density at radius 1 is 0.935 bits per heavy atom. The maximum absolute atomic E-state index is 11.9. The first-order valence-electron chi connectivity index (χ1n) is 10.5. The van der Waals surface area contributed by atoms with Crippen LogP contribution in [-0.2, 0) is 16.0 Å². The summed E-state index contributed by atoms with van der Waals surface area (Å²) in [6.07, 6.45) is 0.601. The van der Waals surface area contributed by atoms with Crippen molar-refractivity contribution < 1.29 is 14.9 Å². The molecule has 1 aromatic heterocycles. The Labute approximate surface area is 181 Å². The number of nitriles is 1. The van der Waals surface area contributed by atoms with Crippen molar-refractivity contribution in [1.29, 1.82) is 5.26 Å². The molecule has 1 aliphatic rings. The van der Waals surface area contributed by atoms with Gasteiger partial charge >= 0.3 is 0 Å². The lowest BCUT2D eigenvalue weighted by atomic mass is 9.98. The highest BCUT2D eigenvalue weighted by atomic mass is 16.2. The first kappa shape index (κ1) is 20.6. The fourth-order valence-corrected chi connectivity index (χ4v) is 3.81. The molecule has 1 heterocycles. The summed E-state index contributed by atoms with van der Waals surface area (Å²) in [6, 6.07) is 23.4. The quantitative estimate of drug-likeness (QED) is 0.478. The number of carbonyl (C=O) groups is 2. The van der Waals surface area contributed by atoms with Gasteiger partial charge in [-0.15, -0.1) is 0 Å². The summed E-state index contributed by atoms with van der Waals surface area (Å²) in [5.41, 5.74) is 4.78. The van der Waals surface area contributed by atoms with E-state index in [-0.39, 0.29) is 17.6 Å². The van der Waals surface area contributed by atoms with Gasteiger partial charge in [-0.1, -0.05) is 56.3 Å². The Morgan fingerprint density at radius 3 is 2.10 bits per heavy atom. The zero-order valence-corrected chi connectivity index (χ0v) is 17.6. The molecule has 0 bridgehead atoms. The topological polar surface area (TPSA) is 87.4 Å².